The van der Waals surface area contributed by atoms with Crippen LogP contribution in [0, 0.1) is 6.92 Å². The molecule has 11 heavy (non-hydrogen) atoms. The lowest BCUT2D eigenvalue weighted by Crippen LogP contribution is -1.98. The predicted octanol–water partition coefficient (Wildman–Crippen LogP) is 1.38. The summed E-state index contributed by atoms with van der Waals surface area (Å²) in [6, 6.07) is 6.89. The Morgan fingerprint density at radius 3 is 2.27 bits per heavy atom. The third-order valence-electron chi connectivity index (χ3n) is 1.44. The van der Waals surface area contributed by atoms with Gasteiger partial charge in [0.15, 0.2) is 6.29 Å². The maximum absolute atomic E-state index is 10.8. The standard InChI is InChI=1S/C9H8O2/c1-7-2-4-8(5-3-7)9(11)6-10/h2-6H,1H3. The normalized spacial score (nSPS) is 9.18. The van der Waals surface area contributed by atoms with Crippen LogP contribution in [0.3, 0.4) is 0 Å². The minimum absolute atomic E-state index is 0.324. The summed E-state index contributed by atoms with van der Waals surface area (Å²) in [6.45, 7) is 1.93. The van der Waals surface area contributed by atoms with Gasteiger partial charge in [0.2, 0.25) is 5.78 Å². The number of carbonyl (C=O) groups is 2. The number of aryl methyl sites for hydroxylation is 1. The molecule has 0 aliphatic heterocycles. The second-order valence-corrected chi connectivity index (χ2v) is 2.35. The van der Waals surface area contributed by atoms with E-state index in [1.54, 1.807) is 24.3 Å². The van der Waals surface area contributed by atoms with Crippen molar-refractivity contribution in [3.8, 4) is 0 Å². The van der Waals surface area contributed by atoms with Gasteiger partial charge in [0.25, 0.3) is 0 Å². The average Bonchev–Trinajstić information content (AvgIpc) is 2.05. The monoisotopic (exact) mass is 148 g/mol. The SMILES string of the molecule is Cc1ccc(C(=O)C=O)cc1. The van der Waals surface area contributed by atoms with Gasteiger partial charge in [0, 0.05) is 5.56 Å². The van der Waals surface area contributed by atoms with Gasteiger partial charge >= 0.3 is 0 Å². The average molecular weight is 148 g/mol. The van der Waals surface area contributed by atoms with Crippen LogP contribution in [0.1, 0.15) is 15.9 Å². The number of hydrogen-bond donors (Lipinski definition) is 0. The van der Waals surface area contributed by atoms with Gasteiger partial charge < -0.3 is 0 Å². The molecule has 0 unspecified atom stereocenters. The second kappa shape index (κ2) is 3.10. The third-order valence-corrected chi connectivity index (χ3v) is 1.44. The lowest BCUT2D eigenvalue weighted by Gasteiger charge is -1.93. The molecular formula is C9H8O2. The van der Waals surface area contributed by atoms with Gasteiger partial charge in [-0.25, -0.2) is 0 Å². The molecule has 0 amide bonds. The van der Waals surface area contributed by atoms with Crippen molar-refractivity contribution in [2.75, 3.05) is 0 Å². The van der Waals surface area contributed by atoms with Crippen LogP contribution >= 0.6 is 0 Å². The maximum Gasteiger partial charge on any atom is 0.225 e. The largest absolute Gasteiger partial charge is 0.294 e. The topological polar surface area (TPSA) is 34.1 Å². The number of Topliss-reactive ketones (excluding diaryl/α,β-unsaturated/α-hetero) is 1. The number of ketones is 1. The Bertz CT molecular complexity index is 272. The molecule has 2 heteroatoms. The van der Waals surface area contributed by atoms with E-state index in [4.69, 9.17) is 0 Å². The molecular weight excluding hydrogens is 140 g/mol. The van der Waals surface area contributed by atoms with E-state index in [0.29, 0.717) is 11.8 Å². The Morgan fingerprint density at radius 1 is 1.27 bits per heavy atom. The van der Waals surface area contributed by atoms with E-state index in [1.807, 2.05) is 6.92 Å². The van der Waals surface area contributed by atoms with E-state index in [-0.39, 0.29) is 0 Å². The number of aldehydes is 1. The van der Waals surface area contributed by atoms with Crippen molar-refractivity contribution in [1.29, 1.82) is 0 Å². The molecule has 2 nitrogen and oxygen atoms in total. The molecule has 0 fully saturated rings. The Balaban J connectivity index is 2.98. The number of carbonyl (C=O) groups excluding carboxylic acids is 2. The van der Waals surface area contributed by atoms with Crippen LogP contribution in [0.2, 0.25) is 0 Å². The highest BCUT2D eigenvalue weighted by atomic mass is 16.2. The smallest absolute Gasteiger partial charge is 0.225 e. The zero-order valence-corrected chi connectivity index (χ0v) is 6.20. The fourth-order valence-electron chi connectivity index (χ4n) is 0.786. The molecule has 0 saturated carbocycles. The van der Waals surface area contributed by atoms with Crippen molar-refractivity contribution in [3.63, 3.8) is 0 Å². The molecule has 56 valence electrons. The second-order valence-electron chi connectivity index (χ2n) is 2.35. The summed E-state index contributed by atoms with van der Waals surface area (Å²) >= 11 is 0. The van der Waals surface area contributed by atoms with E-state index in [1.165, 1.54) is 0 Å². The molecule has 0 radical (unpaired) electrons. The number of benzene rings is 1. The Kier molecular flexibility index (Phi) is 2.16. The first-order valence-electron chi connectivity index (χ1n) is 3.30. The van der Waals surface area contributed by atoms with Gasteiger partial charge in [-0.2, -0.15) is 0 Å². The fourth-order valence-corrected chi connectivity index (χ4v) is 0.786. The Hall–Kier alpha value is -1.44. The first-order valence-corrected chi connectivity index (χ1v) is 3.30. The molecule has 0 aromatic heterocycles. The first kappa shape index (κ1) is 7.66. The third kappa shape index (κ3) is 1.74. The molecule has 1 aromatic carbocycles. The molecule has 0 bridgehead atoms. The highest BCUT2D eigenvalue weighted by Crippen LogP contribution is 2.02. The maximum atomic E-state index is 10.8. The van der Waals surface area contributed by atoms with Crippen LogP contribution in [-0.4, -0.2) is 12.1 Å². The van der Waals surface area contributed by atoms with Crippen LogP contribution < -0.4 is 0 Å². The van der Waals surface area contributed by atoms with E-state index in [2.05, 4.69) is 0 Å². The van der Waals surface area contributed by atoms with Crippen LogP contribution in [0.5, 0.6) is 0 Å². The molecule has 0 spiro atoms. The van der Waals surface area contributed by atoms with Gasteiger partial charge in [0.05, 0.1) is 0 Å². The summed E-state index contributed by atoms with van der Waals surface area (Å²) in [4.78, 5) is 20.8. The summed E-state index contributed by atoms with van der Waals surface area (Å²) in [5, 5.41) is 0. The van der Waals surface area contributed by atoms with Crippen molar-refractivity contribution >= 4 is 12.1 Å². The first-order chi connectivity index (χ1) is 5.24. The van der Waals surface area contributed by atoms with Gasteiger partial charge in [0.1, 0.15) is 0 Å². The van der Waals surface area contributed by atoms with E-state index in [9.17, 15) is 9.59 Å². The highest BCUT2D eigenvalue weighted by molar-refractivity contribution is 6.33. The van der Waals surface area contributed by atoms with Crippen LogP contribution in [-0.2, 0) is 4.79 Å². The summed E-state index contributed by atoms with van der Waals surface area (Å²) in [6.07, 6.45) is 0.324. The zero-order chi connectivity index (χ0) is 8.27. The van der Waals surface area contributed by atoms with Crippen molar-refractivity contribution in [3.05, 3.63) is 35.4 Å². The summed E-state index contributed by atoms with van der Waals surface area (Å²) < 4.78 is 0. The lowest BCUT2D eigenvalue weighted by molar-refractivity contribution is -0.104. The zero-order valence-electron chi connectivity index (χ0n) is 6.20. The predicted molar refractivity (Wildman–Crippen MR) is 41.6 cm³/mol. The van der Waals surface area contributed by atoms with Gasteiger partial charge in [-0.05, 0) is 6.92 Å². The Labute approximate surface area is 64.8 Å². The van der Waals surface area contributed by atoms with E-state index in [0.717, 1.165) is 5.56 Å². The van der Waals surface area contributed by atoms with Crippen molar-refractivity contribution in [2.24, 2.45) is 0 Å². The van der Waals surface area contributed by atoms with Crippen LogP contribution in [0.25, 0.3) is 0 Å². The molecule has 0 aliphatic rings. The lowest BCUT2D eigenvalue weighted by atomic mass is 10.1. The highest BCUT2D eigenvalue weighted by Gasteiger charge is 2.00. The van der Waals surface area contributed by atoms with Crippen molar-refractivity contribution < 1.29 is 9.59 Å². The molecule has 0 N–H and O–H groups in total. The molecule has 0 saturated heterocycles. The molecule has 1 aromatic rings. The quantitative estimate of drug-likeness (QED) is 0.360. The molecule has 0 atom stereocenters. The summed E-state index contributed by atoms with van der Waals surface area (Å²) in [7, 11) is 0. The Morgan fingerprint density at radius 2 is 1.82 bits per heavy atom. The molecule has 0 aliphatic carbocycles. The number of rotatable bonds is 2. The van der Waals surface area contributed by atoms with Crippen LogP contribution in [0.15, 0.2) is 24.3 Å². The molecule has 1 rings (SSSR count). The molecule has 0 heterocycles. The van der Waals surface area contributed by atoms with E-state index < -0.39 is 5.78 Å². The van der Waals surface area contributed by atoms with E-state index >= 15 is 0 Å². The summed E-state index contributed by atoms with van der Waals surface area (Å²) in [5.74, 6) is -0.468. The van der Waals surface area contributed by atoms with Crippen LogP contribution in [0.4, 0.5) is 0 Å². The van der Waals surface area contributed by atoms with Gasteiger partial charge in [-0.3, -0.25) is 9.59 Å². The van der Waals surface area contributed by atoms with Gasteiger partial charge in [-0.1, -0.05) is 29.8 Å². The summed E-state index contributed by atoms with van der Waals surface area (Å²) in [5.41, 5.74) is 1.53. The van der Waals surface area contributed by atoms with Gasteiger partial charge in [-0.15, -0.1) is 0 Å². The minimum Gasteiger partial charge on any atom is -0.294 e. The van der Waals surface area contributed by atoms with Crippen molar-refractivity contribution in [2.45, 2.75) is 6.92 Å². The number of hydrogen-bond acceptors (Lipinski definition) is 2. The minimum atomic E-state index is -0.468. The fraction of sp³-hybridized carbons (Fsp3) is 0.111. The van der Waals surface area contributed by atoms with Crippen molar-refractivity contribution in [1.82, 2.24) is 0 Å².